The minimum Gasteiger partial charge on any atom is -0.256 e. The molecule has 0 aliphatic carbocycles. The quantitative estimate of drug-likeness (QED) is 0.326. The molecule has 0 fully saturated rings. The van der Waals surface area contributed by atoms with Crippen LogP contribution in [-0.4, -0.2) is 4.98 Å². The van der Waals surface area contributed by atoms with Gasteiger partial charge in [0.2, 0.25) is 0 Å². The third-order valence-corrected chi connectivity index (χ3v) is 5.81. The Morgan fingerprint density at radius 2 is 1.46 bits per heavy atom. The molecule has 0 saturated carbocycles. The fourth-order valence-corrected chi connectivity index (χ4v) is 4.49. The van der Waals surface area contributed by atoms with Gasteiger partial charge in [0.05, 0.1) is 5.69 Å². The summed E-state index contributed by atoms with van der Waals surface area (Å²) in [4.78, 5) is 6.86. The van der Waals surface area contributed by atoms with Gasteiger partial charge in [0, 0.05) is 25.7 Å². The van der Waals surface area contributed by atoms with E-state index in [-0.39, 0.29) is 5.56 Å². The Hall–Kier alpha value is -2.84. The Balaban J connectivity index is 1.66. The van der Waals surface area contributed by atoms with Crippen LogP contribution in [-0.2, 0) is 0 Å². The molecule has 4 aromatic rings. The number of benzene rings is 3. The Labute approximate surface area is 162 Å². The molecule has 1 aliphatic rings. The lowest BCUT2D eigenvalue weighted by Gasteiger charge is -2.11. The second kappa shape index (κ2) is 6.15. The van der Waals surface area contributed by atoms with Crippen molar-refractivity contribution in [2.45, 2.75) is 16.6 Å². The lowest BCUT2D eigenvalue weighted by Crippen LogP contribution is -1.88. The van der Waals surface area contributed by atoms with Crippen molar-refractivity contribution in [3.05, 3.63) is 90.6 Å². The summed E-state index contributed by atoms with van der Waals surface area (Å²) >= 11 is 1.77. The van der Waals surface area contributed by atoms with E-state index in [1.807, 2.05) is 0 Å². The highest BCUT2D eigenvalue weighted by atomic mass is 32.2. The first-order valence-electron chi connectivity index (χ1n) is 9.98. The fourth-order valence-electron chi connectivity index (χ4n) is 3.40. The normalized spacial score (nSPS) is 14.1. The number of hydrogen-bond acceptors (Lipinski definition) is 2. The van der Waals surface area contributed by atoms with Crippen LogP contribution in [0.2, 0.25) is 0 Å². The molecule has 0 N–H and O–H groups in total. The molecular formula is C24H17NS. The predicted molar refractivity (Wildman–Crippen MR) is 109 cm³/mol. The molecule has 1 aliphatic heterocycles. The summed E-state index contributed by atoms with van der Waals surface area (Å²) in [7, 11) is 0. The van der Waals surface area contributed by atoms with Gasteiger partial charge in [-0.05, 0) is 58.9 Å². The molecule has 2 heteroatoms. The predicted octanol–water partition coefficient (Wildman–Crippen LogP) is 6.86. The highest BCUT2D eigenvalue weighted by molar-refractivity contribution is 7.99. The van der Waals surface area contributed by atoms with Crippen LogP contribution in [0.5, 0.6) is 0 Å². The molecule has 0 bridgehead atoms. The van der Waals surface area contributed by atoms with E-state index in [4.69, 9.17) is 4.11 Å². The SMILES string of the molecule is [2H]C([2H])([2H])c1ccc(-c2ccc3c(c2)-c2ccccc2-c2ccccc2S3)nc1. The van der Waals surface area contributed by atoms with Crippen molar-refractivity contribution in [1.82, 2.24) is 4.98 Å². The van der Waals surface area contributed by atoms with Gasteiger partial charge in [-0.3, -0.25) is 4.98 Å². The van der Waals surface area contributed by atoms with Crippen molar-refractivity contribution < 1.29 is 4.11 Å². The summed E-state index contributed by atoms with van der Waals surface area (Å²) in [5.74, 6) is 0. The molecule has 2 heterocycles. The molecule has 0 radical (unpaired) electrons. The van der Waals surface area contributed by atoms with E-state index in [1.54, 1.807) is 23.9 Å². The Morgan fingerprint density at radius 3 is 2.23 bits per heavy atom. The molecule has 0 unspecified atom stereocenters. The number of rotatable bonds is 1. The van der Waals surface area contributed by atoms with Gasteiger partial charge in [-0.25, -0.2) is 0 Å². The van der Waals surface area contributed by atoms with Gasteiger partial charge in [-0.2, -0.15) is 0 Å². The average Bonchev–Trinajstić information content (AvgIpc) is 2.87. The third kappa shape index (κ3) is 2.54. The van der Waals surface area contributed by atoms with E-state index in [2.05, 4.69) is 71.7 Å². The van der Waals surface area contributed by atoms with Crippen LogP contribution in [0.25, 0.3) is 33.5 Å². The maximum absolute atomic E-state index is 7.53. The molecule has 5 rings (SSSR count). The van der Waals surface area contributed by atoms with Crippen molar-refractivity contribution in [2.75, 3.05) is 0 Å². The lowest BCUT2D eigenvalue weighted by molar-refractivity contribution is 1.27. The number of aromatic nitrogens is 1. The molecule has 0 saturated heterocycles. The molecule has 0 atom stereocenters. The number of nitrogens with zero attached hydrogens (tertiary/aromatic N) is 1. The van der Waals surface area contributed by atoms with Gasteiger partial charge < -0.3 is 0 Å². The van der Waals surface area contributed by atoms with E-state index in [9.17, 15) is 0 Å². The van der Waals surface area contributed by atoms with Gasteiger partial charge in [0.1, 0.15) is 0 Å². The monoisotopic (exact) mass is 354 g/mol. The summed E-state index contributed by atoms with van der Waals surface area (Å²) in [6.45, 7) is -2.14. The van der Waals surface area contributed by atoms with Crippen molar-refractivity contribution >= 4 is 11.8 Å². The zero-order chi connectivity index (χ0) is 20.0. The highest BCUT2D eigenvalue weighted by Gasteiger charge is 2.19. The third-order valence-electron chi connectivity index (χ3n) is 4.65. The van der Waals surface area contributed by atoms with Gasteiger partial charge in [-0.1, -0.05) is 66.4 Å². The second-order valence-corrected chi connectivity index (χ2v) is 7.37. The van der Waals surface area contributed by atoms with Crippen molar-refractivity contribution in [2.24, 2.45) is 0 Å². The number of fused-ring (bicyclic) bond motifs is 5. The average molecular weight is 354 g/mol. The Kier molecular flexibility index (Phi) is 2.96. The van der Waals surface area contributed by atoms with Crippen LogP contribution >= 0.6 is 11.8 Å². The fraction of sp³-hybridized carbons (Fsp3) is 0.0417. The standard InChI is InChI=1S/C24H17NS/c1-16-10-12-22(25-15-16)17-11-13-24-21(14-17)19-7-3-2-6-18(19)20-8-4-5-9-23(20)26-24/h2-15H,1H3/i1D3. The molecule has 0 spiro atoms. The molecule has 26 heavy (non-hydrogen) atoms. The maximum atomic E-state index is 7.53. The molecule has 1 aromatic heterocycles. The minimum absolute atomic E-state index is 0.257. The lowest BCUT2D eigenvalue weighted by atomic mass is 9.93. The van der Waals surface area contributed by atoms with Crippen LogP contribution in [0.15, 0.2) is 94.9 Å². The van der Waals surface area contributed by atoms with Crippen LogP contribution in [0.4, 0.5) is 0 Å². The molecule has 124 valence electrons. The summed E-state index contributed by atoms with van der Waals surface area (Å²) in [5, 5.41) is 0. The van der Waals surface area contributed by atoms with Crippen molar-refractivity contribution in [3.63, 3.8) is 0 Å². The molecule has 1 nitrogen and oxygen atoms in total. The first kappa shape index (κ1) is 12.5. The number of hydrogen-bond donors (Lipinski definition) is 0. The highest BCUT2D eigenvalue weighted by Crippen LogP contribution is 2.48. The van der Waals surface area contributed by atoms with E-state index < -0.39 is 6.85 Å². The van der Waals surface area contributed by atoms with Crippen LogP contribution < -0.4 is 0 Å². The van der Waals surface area contributed by atoms with Gasteiger partial charge in [-0.15, -0.1) is 0 Å². The van der Waals surface area contributed by atoms with E-state index in [0.717, 1.165) is 11.3 Å². The van der Waals surface area contributed by atoms with Crippen molar-refractivity contribution in [3.8, 4) is 33.5 Å². The van der Waals surface area contributed by atoms with E-state index >= 15 is 0 Å². The van der Waals surface area contributed by atoms with E-state index in [0.29, 0.717) is 0 Å². The Morgan fingerprint density at radius 1 is 0.731 bits per heavy atom. The van der Waals surface area contributed by atoms with Crippen LogP contribution in [0, 0.1) is 6.85 Å². The topological polar surface area (TPSA) is 12.9 Å². The zero-order valence-corrected chi connectivity index (χ0v) is 14.8. The van der Waals surface area contributed by atoms with Crippen LogP contribution in [0.3, 0.4) is 0 Å². The second-order valence-electron chi connectivity index (χ2n) is 6.29. The number of aryl methyl sites for hydroxylation is 1. The zero-order valence-electron chi connectivity index (χ0n) is 16.9. The minimum atomic E-state index is -2.14. The van der Waals surface area contributed by atoms with Gasteiger partial charge in [0.15, 0.2) is 0 Å². The smallest absolute Gasteiger partial charge is 0.0702 e. The largest absolute Gasteiger partial charge is 0.256 e. The summed E-state index contributed by atoms with van der Waals surface area (Å²) in [6, 6.07) is 26.7. The molecular weight excluding hydrogens is 334 g/mol. The van der Waals surface area contributed by atoms with Crippen LogP contribution in [0.1, 0.15) is 9.68 Å². The summed E-state index contributed by atoms with van der Waals surface area (Å²) in [5.41, 5.74) is 6.82. The Bertz CT molecular complexity index is 1210. The first-order chi connectivity index (χ1) is 14.0. The maximum Gasteiger partial charge on any atom is 0.0702 e. The van der Waals surface area contributed by atoms with Gasteiger partial charge >= 0.3 is 0 Å². The first-order valence-corrected chi connectivity index (χ1v) is 9.30. The molecule has 0 amide bonds. The van der Waals surface area contributed by atoms with E-state index in [1.165, 1.54) is 38.2 Å². The summed E-state index contributed by atoms with van der Waals surface area (Å²) in [6.07, 6.45) is 1.45. The van der Waals surface area contributed by atoms with Gasteiger partial charge in [0.25, 0.3) is 0 Å². The number of pyridine rings is 1. The molecule has 3 aromatic carbocycles. The summed E-state index contributed by atoms with van der Waals surface area (Å²) < 4.78 is 22.6. The van der Waals surface area contributed by atoms with Crippen molar-refractivity contribution in [1.29, 1.82) is 0 Å².